The van der Waals surface area contributed by atoms with E-state index < -0.39 is 0 Å². The molecule has 0 bridgehead atoms. The molecular formula is C16H28N6O. The van der Waals surface area contributed by atoms with E-state index >= 15 is 0 Å². The Kier molecular flexibility index (Phi) is 5.87. The Hall–Kier alpha value is -1.60. The van der Waals surface area contributed by atoms with E-state index in [2.05, 4.69) is 27.1 Å². The van der Waals surface area contributed by atoms with Crippen molar-refractivity contribution >= 4 is 5.96 Å². The minimum absolute atomic E-state index is 0.633. The van der Waals surface area contributed by atoms with Crippen LogP contribution in [-0.2, 0) is 11.3 Å². The number of hydrogen-bond donors (Lipinski definition) is 1. The van der Waals surface area contributed by atoms with Gasteiger partial charge in [0.25, 0.3) is 0 Å². The third kappa shape index (κ3) is 4.45. The van der Waals surface area contributed by atoms with Crippen LogP contribution in [-0.4, -0.2) is 84.1 Å². The number of rotatable bonds is 5. The maximum atomic E-state index is 5.46. The highest BCUT2D eigenvalue weighted by Gasteiger charge is 2.30. The van der Waals surface area contributed by atoms with Crippen molar-refractivity contribution in [2.24, 2.45) is 4.99 Å². The van der Waals surface area contributed by atoms with Crippen molar-refractivity contribution in [2.45, 2.75) is 25.9 Å². The van der Waals surface area contributed by atoms with Crippen molar-refractivity contribution in [1.29, 1.82) is 0 Å². The van der Waals surface area contributed by atoms with Gasteiger partial charge in [-0.05, 0) is 19.4 Å². The molecule has 3 heterocycles. The predicted octanol–water partition coefficient (Wildman–Crippen LogP) is 0.255. The highest BCUT2D eigenvalue weighted by Crippen LogP contribution is 2.17. The summed E-state index contributed by atoms with van der Waals surface area (Å²) in [6.45, 7) is 10.6. The lowest BCUT2D eigenvalue weighted by atomic mass is 10.2. The number of guanidine groups is 1. The summed E-state index contributed by atoms with van der Waals surface area (Å²) in [5, 5.41) is 7.66. The average Bonchev–Trinajstić information content (AvgIpc) is 3.27. The number of hydrogen-bond acceptors (Lipinski definition) is 4. The van der Waals surface area contributed by atoms with Gasteiger partial charge in [0, 0.05) is 51.2 Å². The highest BCUT2D eigenvalue weighted by molar-refractivity contribution is 5.80. The fraction of sp³-hybridized carbons (Fsp3) is 0.750. The third-order valence-electron chi connectivity index (χ3n) is 4.51. The molecule has 1 unspecified atom stereocenters. The molecule has 7 heteroatoms. The first-order valence-electron chi connectivity index (χ1n) is 8.69. The molecule has 1 N–H and O–H groups in total. The van der Waals surface area contributed by atoms with E-state index in [-0.39, 0.29) is 0 Å². The fourth-order valence-corrected chi connectivity index (χ4v) is 3.29. The van der Waals surface area contributed by atoms with Crippen LogP contribution in [0.1, 0.15) is 13.3 Å². The van der Waals surface area contributed by atoms with Crippen LogP contribution >= 0.6 is 0 Å². The van der Waals surface area contributed by atoms with Gasteiger partial charge in [-0.25, -0.2) is 0 Å². The molecule has 2 saturated heterocycles. The largest absolute Gasteiger partial charge is 0.379 e. The van der Waals surface area contributed by atoms with Crippen LogP contribution in [0.2, 0.25) is 0 Å². The maximum absolute atomic E-state index is 5.46. The molecule has 128 valence electrons. The SMILES string of the molecule is CCNC(=NCCn1cccn1)N1CCC(N2CCOCC2)C1. The van der Waals surface area contributed by atoms with Gasteiger partial charge in [0.1, 0.15) is 0 Å². The lowest BCUT2D eigenvalue weighted by molar-refractivity contribution is 0.0195. The number of aliphatic imine (C=N–C) groups is 1. The Morgan fingerprint density at radius 1 is 1.35 bits per heavy atom. The van der Waals surface area contributed by atoms with E-state index in [0.717, 1.165) is 65.0 Å². The number of ether oxygens (including phenoxy) is 1. The van der Waals surface area contributed by atoms with Crippen molar-refractivity contribution in [1.82, 2.24) is 24.9 Å². The van der Waals surface area contributed by atoms with Gasteiger partial charge in [-0.1, -0.05) is 0 Å². The number of morpholine rings is 1. The van der Waals surface area contributed by atoms with Crippen molar-refractivity contribution in [3.8, 4) is 0 Å². The number of nitrogens with zero attached hydrogens (tertiary/aromatic N) is 5. The van der Waals surface area contributed by atoms with Gasteiger partial charge in [-0.15, -0.1) is 0 Å². The Bertz CT molecular complexity index is 483. The molecule has 23 heavy (non-hydrogen) atoms. The number of nitrogens with one attached hydrogen (secondary N) is 1. The van der Waals surface area contributed by atoms with Crippen LogP contribution in [0.4, 0.5) is 0 Å². The van der Waals surface area contributed by atoms with Gasteiger partial charge < -0.3 is 15.0 Å². The normalized spacial score (nSPS) is 23.4. The van der Waals surface area contributed by atoms with E-state index in [0.29, 0.717) is 6.04 Å². The minimum atomic E-state index is 0.633. The van der Waals surface area contributed by atoms with E-state index in [9.17, 15) is 0 Å². The van der Waals surface area contributed by atoms with Crippen LogP contribution in [0.5, 0.6) is 0 Å². The van der Waals surface area contributed by atoms with E-state index in [1.807, 2.05) is 23.1 Å². The summed E-state index contributed by atoms with van der Waals surface area (Å²) in [5.41, 5.74) is 0. The van der Waals surface area contributed by atoms with Crippen LogP contribution in [0, 0.1) is 0 Å². The topological polar surface area (TPSA) is 57.9 Å². The lowest BCUT2D eigenvalue weighted by Gasteiger charge is -2.32. The van der Waals surface area contributed by atoms with Gasteiger partial charge in [0.2, 0.25) is 0 Å². The van der Waals surface area contributed by atoms with Gasteiger partial charge >= 0.3 is 0 Å². The monoisotopic (exact) mass is 320 g/mol. The fourth-order valence-electron chi connectivity index (χ4n) is 3.29. The van der Waals surface area contributed by atoms with Crippen molar-refractivity contribution in [2.75, 3.05) is 52.5 Å². The van der Waals surface area contributed by atoms with Crippen LogP contribution < -0.4 is 5.32 Å². The summed E-state index contributed by atoms with van der Waals surface area (Å²) in [5.74, 6) is 1.04. The molecule has 0 radical (unpaired) electrons. The van der Waals surface area contributed by atoms with Gasteiger partial charge in [0.05, 0.1) is 26.3 Å². The zero-order valence-electron chi connectivity index (χ0n) is 14.0. The van der Waals surface area contributed by atoms with Gasteiger partial charge in [0.15, 0.2) is 5.96 Å². The summed E-state index contributed by atoms with van der Waals surface area (Å²) in [4.78, 5) is 9.74. The summed E-state index contributed by atoms with van der Waals surface area (Å²) < 4.78 is 7.39. The molecule has 1 aromatic heterocycles. The number of aromatic nitrogens is 2. The standard InChI is InChI=1S/C16H28N6O/c1-2-17-16(18-6-9-22-7-3-5-19-22)21-8-4-15(14-21)20-10-12-23-13-11-20/h3,5,7,15H,2,4,6,8-14H2,1H3,(H,17,18). The predicted molar refractivity (Wildman–Crippen MR) is 90.6 cm³/mol. The molecule has 0 spiro atoms. The smallest absolute Gasteiger partial charge is 0.194 e. The Balaban J connectivity index is 1.53. The average molecular weight is 320 g/mol. The molecule has 2 aliphatic heterocycles. The van der Waals surface area contributed by atoms with Crippen molar-refractivity contribution in [3.05, 3.63) is 18.5 Å². The van der Waals surface area contributed by atoms with Crippen LogP contribution in [0.25, 0.3) is 0 Å². The highest BCUT2D eigenvalue weighted by atomic mass is 16.5. The Morgan fingerprint density at radius 2 is 2.22 bits per heavy atom. The molecule has 0 aliphatic carbocycles. The second-order valence-electron chi connectivity index (χ2n) is 6.04. The molecule has 2 fully saturated rings. The third-order valence-corrected chi connectivity index (χ3v) is 4.51. The molecule has 3 rings (SSSR count). The summed E-state index contributed by atoms with van der Waals surface area (Å²) >= 11 is 0. The number of likely N-dealkylation sites (tertiary alicyclic amines) is 1. The lowest BCUT2D eigenvalue weighted by Crippen LogP contribution is -2.46. The molecule has 2 aliphatic rings. The molecular weight excluding hydrogens is 292 g/mol. The second kappa shape index (κ2) is 8.31. The van der Waals surface area contributed by atoms with E-state index in [1.54, 1.807) is 0 Å². The van der Waals surface area contributed by atoms with Crippen LogP contribution in [0.3, 0.4) is 0 Å². The molecule has 7 nitrogen and oxygen atoms in total. The Morgan fingerprint density at radius 3 is 2.96 bits per heavy atom. The molecule has 0 saturated carbocycles. The molecule has 1 aromatic rings. The molecule has 1 atom stereocenters. The Labute approximate surface area is 138 Å². The first-order valence-corrected chi connectivity index (χ1v) is 8.69. The second-order valence-corrected chi connectivity index (χ2v) is 6.04. The van der Waals surface area contributed by atoms with Gasteiger partial charge in [-0.2, -0.15) is 5.10 Å². The summed E-state index contributed by atoms with van der Waals surface area (Å²) in [6, 6.07) is 2.58. The zero-order chi connectivity index (χ0) is 15.9. The molecule has 0 amide bonds. The van der Waals surface area contributed by atoms with Crippen molar-refractivity contribution in [3.63, 3.8) is 0 Å². The minimum Gasteiger partial charge on any atom is -0.379 e. The molecule has 0 aromatic carbocycles. The maximum Gasteiger partial charge on any atom is 0.194 e. The summed E-state index contributed by atoms with van der Waals surface area (Å²) in [7, 11) is 0. The quantitative estimate of drug-likeness (QED) is 0.623. The summed E-state index contributed by atoms with van der Waals surface area (Å²) in [6.07, 6.45) is 5.00. The van der Waals surface area contributed by atoms with E-state index in [4.69, 9.17) is 9.73 Å². The first-order chi connectivity index (χ1) is 11.4. The zero-order valence-corrected chi connectivity index (χ0v) is 14.0. The van der Waals surface area contributed by atoms with E-state index in [1.165, 1.54) is 6.42 Å². The van der Waals surface area contributed by atoms with Crippen molar-refractivity contribution < 1.29 is 4.74 Å². The van der Waals surface area contributed by atoms with Crippen LogP contribution in [0.15, 0.2) is 23.5 Å². The first kappa shape index (κ1) is 16.3. The van der Waals surface area contributed by atoms with Gasteiger partial charge in [-0.3, -0.25) is 14.6 Å².